The lowest BCUT2D eigenvalue weighted by atomic mass is 10.2. The molecule has 20 heavy (non-hydrogen) atoms. The minimum absolute atomic E-state index is 0.290. The molecule has 0 spiro atoms. The largest absolute Gasteiger partial charge is 0.480 e. The van der Waals surface area contributed by atoms with Crippen molar-refractivity contribution < 1.29 is 27.5 Å². The highest BCUT2D eigenvalue weighted by atomic mass is 35.5. The van der Waals surface area contributed by atoms with Gasteiger partial charge in [0.15, 0.2) is 0 Å². The number of primary amides is 1. The molecule has 1 aromatic carbocycles. The Morgan fingerprint density at radius 3 is 2.55 bits per heavy atom. The number of aliphatic carboxylic acids is 1. The zero-order valence-corrected chi connectivity index (χ0v) is 11.4. The number of nitrogens with two attached hydrogens (primary N) is 1. The van der Waals surface area contributed by atoms with Gasteiger partial charge in [0.2, 0.25) is 15.9 Å². The Labute approximate surface area is 118 Å². The molecular weight excluding hydrogens is 315 g/mol. The van der Waals surface area contributed by atoms with Crippen LogP contribution in [-0.2, 0) is 19.6 Å². The smallest absolute Gasteiger partial charge is 0.322 e. The number of benzene rings is 1. The Bertz CT molecular complexity index is 649. The molecule has 7 nitrogen and oxygen atoms in total. The average Bonchev–Trinajstić information content (AvgIpc) is 2.30. The summed E-state index contributed by atoms with van der Waals surface area (Å²) >= 11 is 5.62. The van der Waals surface area contributed by atoms with Crippen molar-refractivity contribution >= 4 is 33.5 Å². The van der Waals surface area contributed by atoms with Crippen molar-refractivity contribution in [2.45, 2.75) is 17.4 Å². The SMILES string of the molecule is NC(=O)C[C@H](NS(=O)(=O)c1cc(F)ccc1Cl)C(=O)O. The van der Waals surface area contributed by atoms with Gasteiger partial charge in [-0.05, 0) is 18.2 Å². The molecule has 4 N–H and O–H groups in total. The van der Waals surface area contributed by atoms with Crippen LogP contribution in [0.3, 0.4) is 0 Å². The standard InChI is InChI=1S/C10H10ClFN2O5S/c11-6-2-1-5(12)3-8(6)20(18,19)14-7(10(16)17)4-9(13)15/h1-3,7,14H,4H2,(H2,13,15)(H,16,17)/t7-/m0/s1. The van der Waals surface area contributed by atoms with Gasteiger partial charge in [0.1, 0.15) is 16.8 Å². The summed E-state index contributed by atoms with van der Waals surface area (Å²) in [5.41, 5.74) is 4.82. The van der Waals surface area contributed by atoms with Crippen LogP contribution >= 0.6 is 11.6 Å². The lowest BCUT2D eigenvalue weighted by Gasteiger charge is -2.14. The molecule has 0 saturated carbocycles. The second-order valence-electron chi connectivity index (χ2n) is 3.76. The molecule has 1 amide bonds. The lowest BCUT2D eigenvalue weighted by molar-refractivity contribution is -0.140. The van der Waals surface area contributed by atoms with Crippen molar-refractivity contribution in [2.75, 3.05) is 0 Å². The van der Waals surface area contributed by atoms with Gasteiger partial charge < -0.3 is 10.8 Å². The molecule has 10 heteroatoms. The van der Waals surface area contributed by atoms with Crippen LogP contribution in [-0.4, -0.2) is 31.4 Å². The van der Waals surface area contributed by atoms with Gasteiger partial charge in [-0.1, -0.05) is 11.6 Å². The first kappa shape index (κ1) is 16.3. The van der Waals surface area contributed by atoms with E-state index in [1.54, 1.807) is 4.72 Å². The number of amides is 1. The Hall–Kier alpha value is -1.71. The molecule has 0 aromatic heterocycles. The van der Waals surface area contributed by atoms with E-state index in [2.05, 4.69) is 0 Å². The van der Waals surface area contributed by atoms with Crippen molar-refractivity contribution in [3.05, 3.63) is 29.0 Å². The van der Waals surface area contributed by atoms with E-state index in [0.29, 0.717) is 6.07 Å². The minimum Gasteiger partial charge on any atom is -0.480 e. The topological polar surface area (TPSA) is 127 Å². The van der Waals surface area contributed by atoms with Crippen molar-refractivity contribution in [3.63, 3.8) is 0 Å². The van der Waals surface area contributed by atoms with E-state index >= 15 is 0 Å². The van der Waals surface area contributed by atoms with Crippen LogP contribution in [0.15, 0.2) is 23.1 Å². The van der Waals surface area contributed by atoms with Crippen molar-refractivity contribution in [2.24, 2.45) is 5.73 Å². The Morgan fingerprint density at radius 2 is 2.05 bits per heavy atom. The van der Waals surface area contributed by atoms with Crippen molar-refractivity contribution in [3.8, 4) is 0 Å². The Kier molecular flexibility index (Phi) is 5.03. The van der Waals surface area contributed by atoms with Crippen LogP contribution in [0, 0.1) is 5.82 Å². The summed E-state index contributed by atoms with van der Waals surface area (Å²) in [7, 11) is -4.41. The fourth-order valence-corrected chi connectivity index (χ4v) is 3.01. The highest BCUT2D eigenvalue weighted by Crippen LogP contribution is 2.22. The van der Waals surface area contributed by atoms with E-state index in [0.717, 1.165) is 12.1 Å². The molecule has 0 aliphatic carbocycles. The first-order valence-corrected chi connectivity index (χ1v) is 6.98. The van der Waals surface area contributed by atoms with Crippen molar-refractivity contribution in [1.82, 2.24) is 4.72 Å². The third-order valence-corrected chi connectivity index (χ3v) is 4.14. The Balaban J connectivity index is 3.12. The molecular formula is C10H10ClFN2O5S. The van der Waals surface area contributed by atoms with E-state index in [4.69, 9.17) is 22.4 Å². The molecule has 1 atom stereocenters. The summed E-state index contributed by atoms with van der Waals surface area (Å²) in [5.74, 6) is -3.47. The number of sulfonamides is 1. The number of carbonyl (C=O) groups is 2. The summed E-state index contributed by atoms with van der Waals surface area (Å²) in [5, 5.41) is 8.52. The predicted molar refractivity (Wildman–Crippen MR) is 67.0 cm³/mol. The summed E-state index contributed by atoms with van der Waals surface area (Å²) in [6, 6.07) is 0.819. The van der Waals surface area contributed by atoms with E-state index in [9.17, 15) is 22.4 Å². The van der Waals surface area contributed by atoms with E-state index in [1.807, 2.05) is 0 Å². The highest BCUT2D eigenvalue weighted by molar-refractivity contribution is 7.89. The average molecular weight is 325 g/mol. The molecule has 0 unspecified atom stereocenters. The predicted octanol–water partition coefficient (Wildman–Crippen LogP) is 0.0860. The number of rotatable bonds is 6. The van der Waals surface area contributed by atoms with Crippen LogP contribution in [0.25, 0.3) is 0 Å². The summed E-state index contributed by atoms with van der Waals surface area (Å²) in [6.45, 7) is 0. The van der Waals surface area contributed by atoms with Crippen LogP contribution < -0.4 is 10.5 Å². The zero-order chi connectivity index (χ0) is 15.5. The molecule has 0 heterocycles. The molecule has 0 aliphatic rings. The van der Waals surface area contributed by atoms with Gasteiger partial charge in [0, 0.05) is 0 Å². The maximum atomic E-state index is 13.0. The molecule has 0 radical (unpaired) electrons. The van der Waals surface area contributed by atoms with Crippen molar-refractivity contribution in [1.29, 1.82) is 0 Å². The van der Waals surface area contributed by atoms with Gasteiger partial charge in [0.25, 0.3) is 0 Å². The number of hydrogen-bond donors (Lipinski definition) is 3. The number of carboxylic acids is 1. The highest BCUT2D eigenvalue weighted by Gasteiger charge is 2.28. The number of nitrogens with one attached hydrogen (secondary N) is 1. The third-order valence-electron chi connectivity index (χ3n) is 2.18. The second kappa shape index (κ2) is 6.16. The molecule has 0 bridgehead atoms. The van der Waals surface area contributed by atoms with Gasteiger partial charge >= 0.3 is 5.97 Å². The molecule has 0 aliphatic heterocycles. The van der Waals surface area contributed by atoms with Gasteiger partial charge in [-0.15, -0.1) is 0 Å². The number of carbonyl (C=O) groups excluding carboxylic acids is 1. The van der Waals surface area contributed by atoms with E-state index in [-0.39, 0.29) is 5.02 Å². The fraction of sp³-hybridized carbons (Fsp3) is 0.200. The Morgan fingerprint density at radius 1 is 1.45 bits per heavy atom. The molecule has 110 valence electrons. The van der Waals surface area contributed by atoms with Gasteiger partial charge in [-0.3, -0.25) is 9.59 Å². The number of carboxylic acid groups (broad SMARTS) is 1. The summed E-state index contributed by atoms with van der Waals surface area (Å²) in [4.78, 5) is 20.9. The first-order chi connectivity index (χ1) is 9.13. The van der Waals surface area contributed by atoms with E-state index in [1.165, 1.54) is 0 Å². The third kappa shape index (κ3) is 4.15. The van der Waals surface area contributed by atoms with E-state index < -0.39 is 45.1 Å². The lowest BCUT2D eigenvalue weighted by Crippen LogP contribution is -2.43. The maximum absolute atomic E-state index is 13.0. The first-order valence-electron chi connectivity index (χ1n) is 5.12. The number of halogens is 2. The minimum atomic E-state index is -4.41. The van der Waals surface area contributed by atoms with Crippen LogP contribution in [0.2, 0.25) is 5.02 Å². The molecule has 0 fully saturated rings. The molecule has 1 aromatic rings. The van der Waals surface area contributed by atoms with Crippen LogP contribution in [0.1, 0.15) is 6.42 Å². The molecule has 1 rings (SSSR count). The quantitative estimate of drug-likeness (QED) is 0.683. The monoisotopic (exact) mass is 324 g/mol. The fourth-order valence-electron chi connectivity index (χ4n) is 1.31. The maximum Gasteiger partial charge on any atom is 0.322 e. The number of hydrogen-bond acceptors (Lipinski definition) is 4. The molecule has 0 saturated heterocycles. The van der Waals surface area contributed by atoms with Gasteiger partial charge in [-0.2, -0.15) is 4.72 Å². The van der Waals surface area contributed by atoms with Crippen LogP contribution in [0.4, 0.5) is 4.39 Å². The van der Waals surface area contributed by atoms with Crippen LogP contribution in [0.5, 0.6) is 0 Å². The van der Waals surface area contributed by atoms with Gasteiger partial charge in [0.05, 0.1) is 11.4 Å². The summed E-state index contributed by atoms with van der Waals surface area (Å²) < 4.78 is 38.6. The van der Waals surface area contributed by atoms with Gasteiger partial charge in [-0.25, -0.2) is 12.8 Å². The summed E-state index contributed by atoms with van der Waals surface area (Å²) in [6.07, 6.45) is -0.749. The normalized spacial score (nSPS) is 12.9. The zero-order valence-electron chi connectivity index (χ0n) is 9.84. The second-order valence-corrected chi connectivity index (χ2v) is 5.85.